The topological polar surface area (TPSA) is 67.9 Å². The quantitative estimate of drug-likeness (QED) is 0.894. The van der Waals surface area contributed by atoms with E-state index in [1.807, 2.05) is 24.3 Å². The molecular weight excluding hydrogens is 284 g/mol. The largest absolute Gasteiger partial charge is 0.496 e. The van der Waals surface area contributed by atoms with Crippen molar-refractivity contribution in [2.75, 3.05) is 27.3 Å². The van der Waals surface area contributed by atoms with Crippen LogP contribution >= 0.6 is 0 Å². The minimum atomic E-state index is -0.717. The lowest BCUT2D eigenvalue weighted by Gasteiger charge is -2.24. The SMILES string of the molecule is COC(=O)NC(=O)CN1CCC[C@@H]1Cc1ccccc1OC. The number of nitrogens with zero attached hydrogens (tertiary/aromatic N) is 1. The zero-order valence-electron chi connectivity index (χ0n) is 13.0. The van der Waals surface area contributed by atoms with E-state index in [2.05, 4.69) is 15.0 Å². The summed E-state index contributed by atoms with van der Waals surface area (Å²) < 4.78 is 9.81. The molecule has 1 heterocycles. The van der Waals surface area contributed by atoms with Crippen LogP contribution in [0.2, 0.25) is 0 Å². The number of methoxy groups -OCH3 is 2. The maximum atomic E-state index is 11.8. The van der Waals surface area contributed by atoms with E-state index in [1.54, 1.807) is 7.11 Å². The van der Waals surface area contributed by atoms with Crippen molar-refractivity contribution in [1.29, 1.82) is 0 Å². The number of nitrogens with one attached hydrogen (secondary N) is 1. The van der Waals surface area contributed by atoms with Gasteiger partial charge in [-0.25, -0.2) is 4.79 Å². The van der Waals surface area contributed by atoms with Gasteiger partial charge < -0.3 is 9.47 Å². The van der Waals surface area contributed by atoms with E-state index >= 15 is 0 Å². The first-order chi connectivity index (χ1) is 10.6. The number of ether oxygens (including phenoxy) is 2. The molecule has 6 nitrogen and oxygen atoms in total. The molecule has 1 aromatic rings. The number of benzene rings is 1. The molecule has 120 valence electrons. The third-order valence-electron chi connectivity index (χ3n) is 3.92. The molecule has 0 saturated carbocycles. The molecule has 6 heteroatoms. The van der Waals surface area contributed by atoms with E-state index in [0.717, 1.165) is 37.1 Å². The molecule has 1 aliphatic heterocycles. The number of alkyl carbamates (subject to hydrolysis) is 1. The van der Waals surface area contributed by atoms with Crippen molar-refractivity contribution in [3.8, 4) is 5.75 Å². The molecule has 1 aromatic carbocycles. The molecule has 1 aliphatic rings. The van der Waals surface area contributed by atoms with Crippen LogP contribution in [0.25, 0.3) is 0 Å². The molecule has 0 spiro atoms. The highest BCUT2D eigenvalue weighted by Crippen LogP contribution is 2.25. The van der Waals surface area contributed by atoms with Crippen molar-refractivity contribution in [3.05, 3.63) is 29.8 Å². The number of hydrogen-bond donors (Lipinski definition) is 1. The van der Waals surface area contributed by atoms with Gasteiger partial charge in [-0.2, -0.15) is 0 Å². The van der Waals surface area contributed by atoms with Gasteiger partial charge in [-0.05, 0) is 37.4 Å². The predicted octanol–water partition coefficient (Wildman–Crippen LogP) is 1.58. The zero-order valence-corrected chi connectivity index (χ0v) is 13.0. The fraction of sp³-hybridized carbons (Fsp3) is 0.500. The second kappa shape index (κ2) is 7.79. The Morgan fingerprint density at radius 2 is 2.09 bits per heavy atom. The average Bonchev–Trinajstić information content (AvgIpc) is 2.94. The highest BCUT2D eigenvalue weighted by atomic mass is 16.5. The van der Waals surface area contributed by atoms with E-state index in [9.17, 15) is 9.59 Å². The lowest BCUT2D eigenvalue weighted by Crippen LogP contribution is -2.42. The summed E-state index contributed by atoms with van der Waals surface area (Å²) in [5, 5.41) is 2.20. The first kappa shape index (κ1) is 16.3. The molecule has 1 fully saturated rings. The standard InChI is InChI=1S/C16H22N2O4/c1-21-14-8-4-3-6-12(14)10-13-7-5-9-18(13)11-15(19)17-16(20)22-2/h3-4,6,8,13H,5,7,9-11H2,1-2H3,(H,17,19,20)/t13-/m1/s1. The summed E-state index contributed by atoms with van der Waals surface area (Å²) in [6, 6.07) is 8.20. The lowest BCUT2D eigenvalue weighted by atomic mass is 10.0. The number of imide groups is 1. The molecule has 0 aliphatic carbocycles. The summed E-state index contributed by atoms with van der Waals surface area (Å²) in [6.45, 7) is 1.06. The Labute approximate surface area is 130 Å². The van der Waals surface area contributed by atoms with Crippen LogP contribution in [0.15, 0.2) is 24.3 Å². The summed E-state index contributed by atoms with van der Waals surface area (Å²) in [7, 11) is 2.90. The van der Waals surface area contributed by atoms with E-state index in [-0.39, 0.29) is 18.5 Å². The molecule has 0 aromatic heterocycles. The van der Waals surface area contributed by atoms with Crippen molar-refractivity contribution in [3.63, 3.8) is 0 Å². The molecule has 1 saturated heterocycles. The number of para-hydroxylation sites is 1. The van der Waals surface area contributed by atoms with Crippen LogP contribution in [0.4, 0.5) is 4.79 Å². The first-order valence-electron chi connectivity index (χ1n) is 7.37. The van der Waals surface area contributed by atoms with Crippen LogP contribution < -0.4 is 10.1 Å². The highest BCUT2D eigenvalue weighted by molar-refractivity contribution is 5.92. The normalized spacial score (nSPS) is 18.0. The van der Waals surface area contributed by atoms with Gasteiger partial charge in [0.05, 0.1) is 20.8 Å². The van der Waals surface area contributed by atoms with Crippen molar-refractivity contribution >= 4 is 12.0 Å². The number of likely N-dealkylation sites (tertiary alicyclic amines) is 1. The number of rotatable bonds is 5. The summed E-state index contributed by atoms with van der Waals surface area (Å²) in [5.74, 6) is 0.534. The second-order valence-electron chi connectivity index (χ2n) is 5.32. The number of hydrogen-bond acceptors (Lipinski definition) is 5. The minimum absolute atomic E-state index is 0.203. The van der Waals surface area contributed by atoms with Gasteiger partial charge in [0.2, 0.25) is 5.91 Å². The van der Waals surface area contributed by atoms with Crippen molar-refractivity contribution in [2.45, 2.75) is 25.3 Å². The van der Waals surface area contributed by atoms with Crippen molar-refractivity contribution in [1.82, 2.24) is 10.2 Å². The smallest absolute Gasteiger partial charge is 0.413 e. The minimum Gasteiger partial charge on any atom is -0.496 e. The molecule has 0 bridgehead atoms. The Kier molecular flexibility index (Phi) is 5.77. The average molecular weight is 306 g/mol. The van der Waals surface area contributed by atoms with Crippen LogP contribution in [0.5, 0.6) is 5.75 Å². The predicted molar refractivity (Wildman–Crippen MR) is 81.8 cm³/mol. The van der Waals surface area contributed by atoms with Crippen molar-refractivity contribution < 1.29 is 19.1 Å². The van der Waals surface area contributed by atoms with Crippen LogP contribution in [-0.4, -0.2) is 50.3 Å². The Morgan fingerprint density at radius 1 is 1.32 bits per heavy atom. The summed E-state index contributed by atoms with van der Waals surface area (Å²) >= 11 is 0. The Balaban J connectivity index is 1.96. The Morgan fingerprint density at radius 3 is 2.82 bits per heavy atom. The molecular formula is C16H22N2O4. The number of carbonyl (C=O) groups excluding carboxylic acids is 2. The van der Waals surface area contributed by atoms with Crippen LogP contribution in [-0.2, 0) is 16.0 Å². The van der Waals surface area contributed by atoms with Gasteiger partial charge in [-0.1, -0.05) is 18.2 Å². The van der Waals surface area contributed by atoms with Crippen molar-refractivity contribution in [2.24, 2.45) is 0 Å². The van der Waals surface area contributed by atoms with Gasteiger partial charge >= 0.3 is 6.09 Å². The Hall–Kier alpha value is -2.08. The maximum Gasteiger partial charge on any atom is 0.413 e. The maximum absolute atomic E-state index is 11.8. The molecule has 1 N–H and O–H groups in total. The first-order valence-corrected chi connectivity index (χ1v) is 7.37. The van der Waals surface area contributed by atoms with E-state index < -0.39 is 6.09 Å². The molecule has 2 rings (SSSR count). The number of amides is 2. The van der Waals surface area contributed by atoms with Gasteiger partial charge in [0, 0.05) is 6.04 Å². The lowest BCUT2D eigenvalue weighted by molar-refractivity contribution is -0.121. The fourth-order valence-corrected chi connectivity index (χ4v) is 2.85. The highest BCUT2D eigenvalue weighted by Gasteiger charge is 2.27. The number of carbonyl (C=O) groups is 2. The van der Waals surface area contributed by atoms with Crippen LogP contribution in [0.1, 0.15) is 18.4 Å². The second-order valence-corrected chi connectivity index (χ2v) is 5.32. The van der Waals surface area contributed by atoms with Gasteiger partial charge in [-0.15, -0.1) is 0 Å². The third-order valence-corrected chi connectivity index (χ3v) is 3.92. The molecule has 1 atom stereocenters. The van der Waals surface area contributed by atoms with E-state index in [0.29, 0.717) is 0 Å². The summed E-state index contributed by atoms with van der Waals surface area (Å²) in [4.78, 5) is 25.0. The van der Waals surface area contributed by atoms with Crippen LogP contribution in [0.3, 0.4) is 0 Å². The summed E-state index contributed by atoms with van der Waals surface area (Å²) in [5.41, 5.74) is 1.13. The third kappa shape index (κ3) is 4.21. The molecule has 0 unspecified atom stereocenters. The van der Waals surface area contributed by atoms with Gasteiger partial charge in [-0.3, -0.25) is 15.0 Å². The fourth-order valence-electron chi connectivity index (χ4n) is 2.85. The van der Waals surface area contributed by atoms with Gasteiger partial charge in [0.1, 0.15) is 5.75 Å². The monoisotopic (exact) mass is 306 g/mol. The molecule has 22 heavy (non-hydrogen) atoms. The van der Waals surface area contributed by atoms with Crippen LogP contribution in [0, 0.1) is 0 Å². The molecule has 2 amide bonds. The Bertz CT molecular complexity index is 533. The van der Waals surface area contributed by atoms with Gasteiger partial charge in [0.15, 0.2) is 0 Å². The summed E-state index contributed by atoms with van der Waals surface area (Å²) in [6.07, 6.45) is 2.19. The zero-order chi connectivity index (χ0) is 15.9. The van der Waals surface area contributed by atoms with E-state index in [4.69, 9.17) is 4.74 Å². The van der Waals surface area contributed by atoms with E-state index in [1.165, 1.54) is 7.11 Å². The van der Waals surface area contributed by atoms with Gasteiger partial charge in [0.25, 0.3) is 0 Å². The molecule has 0 radical (unpaired) electrons.